The van der Waals surface area contributed by atoms with E-state index in [1.54, 1.807) is 32.2 Å². The second-order valence-electron chi connectivity index (χ2n) is 12.8. The van der Waals surface area contributed by atoms with Gasteiger partial charge in [0.15, 0.2) is 28.7 Å². The molecule has 2 saturated carbocycles. The summed E-state index contributed by atoms with van der Waals surface area (Å²) < 4.78 is 15.9. The van der Waals surface area contributed by atoms with Crippen LogP contribution in [0.5, 0.6) is 11.5 Å². The molecule has 0 spiro atoms. The van der Waals surface area contributed by atoms with E-state index in [1.807, 2.05) is 6.08 Å². The largest absolute Gasteiger partial charge is 0.493 e. The molecule has 5 rings (SSSR count). The van der Waals surface area contributed by atoms with E-state index in [1.165, 1.54) is 31.3 Å². The van der Waals surface area contributed by atoms with Crippen molar-refractivity contribution in [2.75, 3.05) is 14.2 Å². The van der Waals surface area contributed by atoms with Crippen molar-refractivity contribution >= 4 is 29.6 Å². The molecular weight excluding hydrogens is 548 g/mol. The van der Waals surface area contributed by atoms with Crippen molar-refractivity contribution in [2.45, 2.75) is 78.7 Å². The number of benzene rings is 1. The lowest BCUT2D eigenvalue weighted by atomic mass is 9.47. The Balaban J connectivity index is 0.000000239. The normalized spacial score (nSPS) is 32.6. The fraction of sp³-hybridized carbons (Fsp3) is 0.543. The van der Waals surface area contributed by atoms with Gasteiger partial charge < -0.3 is 19.3 Å². The van der Waals surface area contributed by atoms with Crippen molar-refractivity contribution in [3.63, 3.8) is 0 Å². The van der Waals surface area contributed by atoms with Crippen LogP contribution in [-0.2, 0) is 23.9 Å². The molecule has 4 aliphatic rings. The lowest BCUT2D eigenvalue weighted by Gasteiger charge is -2.58. The van der Waals surface area contributed by atoms with E-state index < -0.39 is 11.6 Å². The zero-order valence-electron chi connectivity index (χ0n) is 26.3. The molecule has 43 heavy (non-hydrogen) atoms. The number of carbonyl (C=O) groups is 4. The first-order valence-electron chi connectivity index (χ1n) is 15.0. The number of ether oxygens (including phenoxy) is 3. The molecule has 1 aromatic carbocycles. The first-order chi connectivity index (χ1) is 20.2. The number of rotatable bonds is 6. The van der Waals surface area contributed by atoms with E-state index in [0.717, 1.165) is 37.3 Å². The van der Waals surface area contributed by atoms with Crippen LogP contribution in [0.4, 0.5) is 0 Å². The third kappa shape index (κ3) is 5.68. The highest BCUT2D eigenvalue weighted by Crippen LogP contribution is 2.67. The molecular formula is C35H44O8. The van der Waals surface area contributed by atoms with Gasteiger partial charge in [0.2, 0.25) is 0 Å². The van der Waals surface area contributed by atoms with Gasteiger partial charge in [0, 0.05) is 24.8 Å². The number of methoxy groups -OCH3 is 2. The van der Waals surface area contributed by atoms with Crippen LogP contribution in [0.25, 0.3) is 6.08 Å². The standard InChI is InChI=1S/C24H32O4.C11H12O4/c1-14-12-18-19(22(4)9-6-17(27)13-21(14)22)7-10-23(5)20(18)8-11-24(23,15(2)25)28-16(3)26;1-14-9-5-3-8(4-6-11(12)13)7-10(9)15-2/h12-13,18-20H,6-11H2,1-5H3;3-7H,1-2H3,(H,12,13). The molecule has 8 nitrogen and oxygen atoms in total. The summed E-state index contributed by atoms with van der Waals surface area (Å²) in [5.41, 5.74) is 1.90. The minimum Gasteiger partial charge on any atom is -0.493 e. The van der Waals surface area contributed by atoms with Gasteiger partial charge in [-0.05, 0) is 105 Å². The number of carboxylic acids is 1. The predicted molar refractivity (Wildman–Crippen MR) is 163 cm³/mol. The van der Waals surface area contributed by atoms with Gasteiger partial charge in [0.05, 0.1) is 14.2 Å². The summed E-state index contributed by atoms with van der Waals surface area (Å²) >= 11 is 0. The van der Waals surface area contributed by atoms with Gasteiger partial charge in [-0.25, -0.2) is 4.79 Å². The zero-order chi connectivity index (χ0) is 31.7. The highest BCUT2D eigenvalue weighted by molar-refractivity contribution is 5.93. The van der Waals surface area contributed by atoms with Crippen molar-refractivity contribution in [1.82, 2.24) is 0 Å². The van der Waals surface area contributed by atoms with Crippen LogP contribution in [-0.4, -0.2) is 48.4 Å². The van der Waals surface area contributed by atoms with Gasteiger partial charge in [-0.2, -0.15) is 0 Å². The monoisotopic (exact) mass is 592 g/mol. The summed E-state index contributed by atoms with van der Waals surface area (Å²) in [6, 6.07) is 5.18. The number of allylic oxidation sites excluding steroid dienone is 4. The number of hydrogen-bond donors (Lipinski definition) is 1. The van der Waals surface area contributed by atoms with Crippen LogP contribution in [0.15, 0.2) is 47.6 Å². The molecule has 1 N–H and O–H groups in total. The number of Topliss-reactive ketones (excluding diaryl/α,β-unsaturated/α-hetero) is 1. The average molecular weight is 593 g/mol. The van der Waals surface area contributed by atoms with Crippen molar-refractivity contribution in [3.05, 3.63) is 53.1 Å². The second-order valence-corrected chi connectivity index (χ2v) is 12.8. The van der Waals surface area contributed by atoms with Crippen molar-refractivity contribution in [3.8, 4) is 11.5 Å². The molecule has 2 fully saturated rings. The van der Waals surface area contributed by atoms with Crippen LogP contribution < -0.4 is 9.47 Å². The minimum atomic E-state index is -0.990. The molecule has 8 heteroatoms. The number of hydrogen-bond acceptors (Lipinski definition) is 7. The molecule has 6 unspecified atom stereocenters. The van der Waals surface area contributed by atoms with Crippen LogP contribution in [0.1, 0.15) is 78.7 Å². The average Bonchev–Trinajstić information content (AvgIpc) is 3.25. The maximum Gasteiger partial charge on any atom is 0.328 e. The van der Waals surface area contributed by atoms with Gasteiger partial charge in [-0.1, -0.05) is 31.6 Å². The first kappa shape index (κ1) is 32.2. The molecule has 0 saturated heterocycles. The van der Waals surface area contributed by atoms with Gasteiger partial charge in [0.1, 0.15) is 0 Å². The third-order valence-electron chi connectivity index (χ3n) is 10.7. The smallest absolute Gasteiger partial charge is 0.328 e. The third-order valence-corrected chi connectivity index (χ3v) is 10.7. The number of aliphatic carboxylic acids is 1. The first-order valence-corrected chi connectivity index (χ1v) is 15.0. The number of fused-ring (bicyclic) bond motifs is 5. The predicted octanol–water partition coefficient (Wildman–Crippen LogP) is 6.38. The Labute approximate surface area is 254 Å². The Kier molecular flexibility index (Phi) is 9.10. The maximum absolute atomic E-state index is 12.8. The van der Waals surface area contributed by atoms with Crippen LogP contribution in [0, 0.1) is 28.6 Å². The molecule has 0 amide bonds. The Morgan fingerprint density at radius 2 is 1.65 bits per heavy atom. The van der Waals surface area contributed by atoms with E-state index in [4.69, 9.17) is 19.3 Å². The minimum absolute atomic E-state index is 0.0160. The summed E-state index contributed by atoms with van der Waals surface area (Å²) in [7, 11) is 3.08. The fourth-order valence-electron chi connectivity index (χ4n) is 8.60. The summed E-state index contributed by atoms with van der Waals surface area (Å²) in [6.45, 7) is 9.63. The quantitative estimate of drug-likeness (QED) is 0.299. The molecule has 6 atom stereocenters. The zero-order valence-corrected chi connectivity index (χ0v) is 26.3. The molecule has 1 aromatic rings. The Morgan fingerprint density at radius 1 is 0.977 bits per heavy atom. The number of carboxylic acid groups (broad SMARTS) is 1. The maximum atomic E-state index is 12.8. The number of ketones is 2. The molecule has 4 aliphatic carbocycles. The van der Waals surface area contributed by atoms with Gasteiger partial charge in [-0.3, -0.25) is 14.4 Å². The van der Waals surface area contributed by atoms with Crippen LogP contribution in [0.3, 0.4) is 0 Å². The van der Waals surface area contributed by atoms with Crippen molar-refractivity contribution < 1.29 is 38.5 Å². The van der Waals surface area contributed by atoms with Gasteiger partial charge in [0.25, 0.3) is 0 Å². The number of carbonyl (C=O) groups excluding carboxylic acids is 3. The fourth-order valence-corrected chi connectivity index (χ4v) is 8.60. The summed E-state index contributed by atoms with van der Waals surface area (Å²) in [6.07, 6.45) is 11.8. The van der Waals surface area contributed by atoms with Crippen LogP contribution in [0.2, 0.25) is 0 Å². The lowest BCUT2D eigenvalue weighted by molar-refractivity contribution is -0.185. The van der Waals surface area contributed by atoms with Gasteiger partial charge >= 0.3 is 11.9 Å². The molecule has 0 aromatic heterocycles. The summed E-state index contributed by atoms with van der Waals surface area (Å²) in [5, 5.41) is 8.46. The Morgan fingerprint density at radius 3 is 2.26 bits per heavy atom. The Bertz CT molecular complexity index is 1400. The van der Waals surface area contributed by atoms with E-state index in [0.29, 0.717) is 42.1 Å². The van der Waals surface area contributed by atoms with E-state index in [9.17, 15) is 19.2 Å². The second kappa shape index (κ2) is 12.1. The summed E-state index contributed by atoms with van der Waals surface area (Å²) in [5.74, 6) is 1.24. The highest BCUT2D eigenvalue weighted by Gasteiger charge is 2.67. The van der Waals surface area contributed by atoms with E-state index in [2.05, 4.69) is 26.8 Å². The SMILES string of the molecule is CC(=O)OC1(C(C)=O)CCC2C3C=C(C)C4=CC(=O)CCC4(C)C3CCC21C.COc1ccc(C=CC(=O)O)cc1OC. The topological polar surface area (TPSA) is 116 Å². The number of esters is 1. The van der Waals surface area contributed by atoms with E-state index in [-0.39, 0.29) is 28.4 Å². The highest BCUT2D eigenvalue weighted by atomic mass is 16.6. The molecule has 232 valence electrons. The molecule has 0 radical (unpaired) electrons. The van der Waals surface area contributed by atoms with E-state index >= 15 is 0 Å². The van der Waals surface area contributed by atoms with Crippen LogP contribution >= 0.6 is 0 Å². The molecule has 0 heterocycles. The lowest BCUT2D eigenvalue weighted by Crippen LogP contribution is -2.58. The van der Waals surface area contributed by atoms with Crippen molar-refractivity contribution in [2.24, 2.45) is 28.6 Å². The molecule has 0 bridgehead atoms. The Hall–Kier alpha value is -3.68. The van der Waals surface area contributed by atoms with Crippen molar-refractivity contribution in [1.29, 1.82) is 0 Å². The summed E-state index contributed by atoms with van der Waals surface area (Å²) in [4.78, 5) is 47.1. The molecule has 0 aliphatic heterocycles. The van der Waals surface area contributed by atoms with Gasteiger partial charge in [-0.15, -0.1) is 0 Å².